The van der Waals surface area contributed by atoms with E-state index in [9.17, 15) is 8.42 Å². The van der Waals surface area contributed by atoms with Gasteiger partial charge in [0.1, 0.15) is 5.65 Å². The highest BCUT2D eigenvalue weighted by molar-refractivity contribution is 7.92. The molecule has 43 heavy (non-hydrogen) atoms. The lowest BCUT2D eigenvalue weighted by Gasteiger charge is -2.20. The normalized spacial score (nSPS) is 11.8. The van der Waals surface area contributed by atoms with Gasteiger partial charge in [-0.15, -0.1) is 0 Å². The zero-order chi connectivity index (χ0) is 30.0. The number of benzene rings is 3. The van der Waals surface area contributed by atoms with Gasteiger partial charge in [0.25, 0.3) is 10.0 Å². The molecule has 0 atom stereocenters. The number of anilines is 2. The molecule has 6 rings (SSSR count). The maximum absolute atomic E-state index is 13.4. The number of hydrogen-bond donors (Lipinski definition) is 2. The molecule has 3 aromatic carbocycles. The summed E-state index contributed by atoms with van der Waals surface area (Å²) in [7, 11) is 2.01. The van der Waals surface area contributed by atoms with Crippen LogP contribution in [-0.4, -0.2) is 62.5 Å². The molecule has 0 saturated carbocycles. The molecule has 0 unspecified atom stereocenters. The summed E-state index contributed by atoms with van der Waals surface area (Å²) in [5, 5.41) is 5.33. The summed E-state index contributed by atoms with van der Waals surface area (Å²) in [6, 6.07) is 26.5. The Kier molecular flexibility index (Phi) is 7.84. The quantitative estimate of drug-likeness (QED) is 0.174. The summed E-state index contributed by atoms with van der Waals surface area (Å²) in [6.07, 6.45) is 6.53. The average Bonchev–Trinajstić information content (AvgIpc) is 3.41. The van der Waals surface area contributed by atoms with Crippen molar-refractivity contribution in [3.05, 3.63) is 104 Å². The third-order valence-corrected chi connectivity index (χ3v) is 9.45. The van der Waals surface area contributed by atoms with Crippen LogP contribution in [0, 0.1) is 0 Å². The molecule has 0 radical (unpaired) electrons. The van der Waals surface area contributed by atoms with E-state index in [4.69, 9.17) is 4.98 Å². The molecule has 8 nitrogen and oxygen atoms in total. The first kappa shape index (κ1) is 28.4. The number of hydrogen-bond acceptors (Lipinski definition) is 6. The van der Waals surface area contributed by atoms with Crippen LogP contribution in [0.1, 0.15) is 6.42 Å². The summed E-state index contributed by atoms with van der Waals surface area (Å²) >= 11 is 0. The summed E-state index contributed by atoms with van der Waals surface area (Å²) in [4.78, 5) is 14.9. The molecule has 0 amide bonds. The highest BCUT2D eigenvalue weighted by Gasteiger charge is 2.23. The molecule has 6 aromatic rings. The van der Waals surface area contributed by atoms with E-state index in [0.29, 0.717) is 5.69 Å². The fourth-order valence-corrected chi connectivity index (χ4v) is 6.57. The van der Waals surface area contributed by atoms with Crippen LogP contribution in [0.3, 0.4) is 0 Å². The van der Waals surface area contributed by atoms with Crippen molar-refractivity contribution in [3.8, 4) is 22.3 Å². The van der Waals surface area contributed by atoms with Crippen LogP contribution in [-0.2, 0) is 10.0 Å². The molecule has 0 saturated heterocycles. The lowest BCUT2D eigenvalue weighted by atomic mass is 9.93. The number of rotatable bonds is 10. The van der Waals surface area contributed by atoms with Crippen molar-refractivity contribution in [2.45, 2.75) is 11.3 Å². The second-order valence-corrected chi connectivity index (χ2v) is 12.8. The summed E-state index contributed by atoms with van der Waals surface area (Å²) in [5.74, 6) is 0. The number of aromatic amines is 1. The van der Waals surface area contributed by atoms with Crippen molar-refractivity contribution < 1.29 is 8.42 Å². The first-order chi connectivity index (χ1) is 20.8. The van der Waals surface area contributed by atoms with Crippen LogP contribution in [0.2, 0.25) is 0 Å². The van der Waals surface area contributed by atoms with Crippen molar-refractivity contribution in [1.29, 1.82) is 0 Å². The van der Waals surface area contributed by atoms with Crippen LogP contribution in [0.4, 0.5) is 11.4 Å². The van der Waals surface area contributed by atoms with Crippen LogP contribution < -0.4 is 9.62 Å². The Morgan fingerprint density at radius 1 is 0.860 bits per heavy atom. The van der Waals surface area contributed by atoms with Gasteiger partial charge in [-0.2, -0.15) is 0 Å². The summed E-state index contributed by atoms with van der Waals surface area (Å²) in [5.41, 5.74) is 7.27. The molecular formula is C34H34N6O2S. The predicted octanol–water partition coefficient (Wildman–Crippen LogP) is 6.63. The van der Waals surface area contributed by atoms with E-state index in [-0.39, 0.29) is 4.90 Å². The van der Waals surface area contributed by atoms with Gasteiger partial charge in [0.05, 0.1) is 10.6 Å². The minimum Gasteiger partial charge on any atom is -0.385 e. The van der Waals surface area contributed by atoms with E-state index in [2.05, 4.69) is 58.5 Å². The summed E-state index contributed by atoms with van der Waals surface area (Å²) in [6.45, 7) is 1.94. The fourth-order valence-electron chi connectivity index (χ4n) is 5.36. The third kappa shape index (κ3) is 5.69. The Morgan fingerprint density at radius 2 is 1.60 bits per heavy atom. The molecular weight excluding hydrogens is 556 g/mol. The fraction of sp³-hybridized carbons (Fsp3) is 0.176. The Balaban J connectivity index is 1.46. The van der Waals surface area contributed by atoms with Crippen molar-refractivity contribution >= 4 is 43.3 Å². The van der Waals surface area contributed by atoms with Crippen molar-refractivity contribution in [2.24, 2.45) is 0 Å². The second-order valence-electron chi connectivity index (χ2n) is 10.8. The van der Waals surface area contributed by atoms with Gasteiger partial charge in [0.2, 0.25) is 0 Å². The largest absolute Gasteiger partial charge is 0.385 e. The zero-order valence-corrected chi connectivity index (χ0v) is 25.3. The SMILES string of the molecule is CN(C)CCCNc1ccc(-c2cnc3[nH]c4ccc(N(C)S(=O)(=O)c5ccccc5)cc4c3c2-c2ccncc2)cc1. The molecule has 3 heterocycles. The lowest BCUT2D eigenvalue weighted by Crippen LogP contribution is -2.26. The molecule has 2 N–H and O–H groups in total. The van der Waals surface area contributed by atoms with E-state index in [0.717, 1.165) is 69.4 Å². The van der Waals surface area contributed by atoms with Crippen LogP contribution >= 0.6 is 0 Å². The third-order valence-electron chi connectivity index (χ3n) is 7.65. The Bertz CT molecular complexity index is 1970. The maximum atomic E-state index is 13.4. The standard InChI is InChI=1S/C34H34N6O2S/c1-39(2)21-7-18-36-26-12-10-24(11-13-26)30-23-37-34-33(32(30)25-16-19-35-20-17-25)29-22-27(14-15-31(29)38-34)40(3)43(41,42)28-8-5-4-6-9-28/h4-6,8-17,19-20,22-23,36H,7,18,21H2,1-3H3,(H,37,38). The molecule has 0 aliphatic carbocycles. The monoisotopic (exact) mass is 590 g/mol. The minimum atomic E-state index is -3.74. The molecule has 3 aromatic heterocycles. The molecule has 0 aliphatic rings. The Labute approximate surface area is 252 Å². The van der Waals surface area contributed by atoms with Gasteiger partial charge in [-0.25, -0.2) is 13.4 Å². The van der Waals surface area contributed by atoms with Gasteiger partial charge in [-0.1, -0.05) is 30.3 Å². The van der Waals surface area contributed by atoms with E-state index in [1.165, 1.54) is 4.31 Å². The van der Waals surface area contributed by atoms with Gasteiger partial charge in [-0.05, 0) is 92.8 Å². The molecule has 218 valence electrons. The summed E-state index contributed by atoms with van der Waals surface area (Å²) < 4.78 is 28.2. The lowest BCUT2D eigenvalue weighted by molar-refractivity contribution is 0.405. The van der Waals surface area contributed by atoms with Crippen molar-refractivity contribution in [2.75, 3.05) is 43.9 Å². The zero-order valence-electron chi connectivity index (χ0n) is 24.4. The number of nitrogens with zero attached hydrogens (tertiary/aromatic N) is 4. The highest BCUT2D eigenvalue weighted by atomic mass is 32.2. The van der Waals surface area contributed by atoms with E-state index < -0.39 is 10.0 Å². The number of pyridine rings is 2. The van der Waals surface area contributed by atoms with Gasteiger partial charge in [0, 0.05) is 65.3 Å². The Morgan fingerprint density at radius 3 is 2.33 bits per heavy atom. The molecule has 0 aliphatic heterocycles. The Hall–Kier alpha value is -4.73. The van der Waals surface area contributed by atoms with E-state index in [1.54, 1.807) is 49.8 Å². The number of H-pyrrole nitrogens is 1. The van der Waals surface area contributed by atoms with Gasteiger partial charge >= 0.3 is 0 Å². The van der Waals surface area contributed by atoms with Crippen LogP contribution in [0.25, 0.3) is 44.2 Å². The van der Waals surface area contributed by atoms with Gasteiger partial charge in [-0.3, -0.25) is 9.29 Å². The van der Waals surface area contributed by atoms with E-state index in [1.807, 2.05) is 36.5 Å². The molecule has 0 spiro atoms. The number of fused-ring (bicyclic) bond motifs is 3. The van der Waals surface area contributed by atoms with Crippen LogP contribution in [0.15, 0.2) is 108 Å². The molecule has 0 fully saturated rings. The van der Waals surface area contributed by atoms with Crippen LogP contribution in [0.5, 0.6) is 0 Å². The van der Waals surface area contributed by atoms with Gasteiger partial charge < -0.3 is 15.2 Å². The first-order valence-electron chi connectivity index (χ1n) is 14.2. The first-order valence-corrected chi connectivity index (χ1v) is 15.6. The van der Waals surface area contributed by atoms with E-state index >= 15 is 0 Å². The predicted molar refractivity (Wildman–Crippen MR) is 176 cm³/mol. The molecule has 9 heteroatoms. The van der Waals surface area contributed by atoms with Crippen molar-refractivity contribution in [3.63, 3.8) is 0 Å². The molecule has 0 bridgehead atoms. The van der Waals surface area contributed by atoms with Crippen molar-refractivity contribution in [1.82, 2.24) is 19.9 Å². The highest BCUT2D eigenvalue weighted by Crippen LogP contribution is 2.41. The topological polar surface area (TPSA) is 94.2 Å². The number of nitrogens with one attached hydrogen (secondary N) is 2. The number of sulfonamides is 1. The van der Waals surface area contributed by atoms with Gasteiger partial charge in [0.15, 0.2) is 0 Å². The maximum Gasteiger partial charge on any atom is 0.264 e. The number of aromatic nitrogens is 3. The minimum absolute atomic E-state index is 0.244. The average molecular weight is 591 g/mol. The smallest absolute Gasteiger partial charge is 0.264 e. The second kappa shape index (κ2) is 11.9.